The molecule has 0 heterocycles. The molecule has 0 bridgehead atoms. The Morgan fingerprint density at radius 1 is 0.840 bits per heavy atom. The first-order chi connectivity index (χ1) is 12.1. The quantitative estimate of drug-likeness (QED) is 0.451. The molecule has 0 saturated heterocycles. The third-order valence-corrected chi connectivity index (χ3v) is 4.97. The van der Waals surface area contributed by atoms with E-state index in [1.165, 1.54) is 0 Å². The molecule has 3 aromatic carbocycles. The molecule has 0 saturated carbocycles. The van der Waals surface area contributed by atoms with E-state index in [-0.39, 0.29) is 0 Å². The van der Waals surface area contributed by atoms with E-state index in [1.54, 1.807) is 0 Å². The van der Waals surface area contributed by atoms with Gasteiger partial charge in [0.25, 0.3) is 0 Å². The van der Waals surface area contributed by atoms with Crippen molar-refractivity contribution in [1.82, 2.24) is 0 Å². The summed E-state index contributed by atoms with van der Waals surface area (Å²) in [6.45, 7) is 0.988. The van der Waals surface area contributed by atoms with Crippen LogP contribution in [0.15, 0.2) is 71.2 Å². The predicted molar refractivity (Wildman–Crippen MR) is 109 cm³/mol. The lowest BCUT2D eigenvalue weighted by molar-refractivity contribution is 0.303. The average molecular weight is 437 g/mol. The van der Waals surface area contributed by atoms with Crippen molar-refractivity contribution in [2.24, 2.45) is 0 Å². The first kappa shape index (κ1) is 18.1. The van der Waals surface area contributed by atoms with Gasteiger partial charge < -0.3 is 10.1 Å². The predicted octanol–water partition coefficient (Wildman–Crippen LogP) is 6.95. The maximum absolute atomic E-state index is 6.21. The molecule has 0 atom stereocenters. The van der Waals surface area contributed by atoms with Gasteiger partial charge in [-0.25, -0.2) is 0 Å². The Bertz CT molecular complexity index is 832. The SMILES string of the molecule is Clc1cccc(Cl)c1COc1ccccc1CNc1ccc(Br)cc1. The van der Waals surface area contributed by atoms with Crippen molar-refractivity contribution in [1.29, 1.82) is 0 Å². The molecule has 3 aromatic rings. The van der Waals surface area contributed by atoms with E-state index >= 15 is 0 Å². The van der Waals surface area contributed by atoms with Crippen LogP contribution in [0, 0.1) is 0 Å². The van der Waals surface area contributed by atoms with Gasteiger partial charge in [-0.3, -0.25) is 0 Å². The molecular weight excluding hydrogens is 421 g/mol. The highest BCUT2D eigenvalue weighted by molar-refractivity contribution is 9.10. The van der Waals surface area contributed by atoms with E-state index in [2.05, 4.69) is 21.2 Å². The zero-order valence-corrected chi connectivity index (χ0v) is 16.4. The van der Waals surface area contributed by atoms with Gasteiger partial charge in [-0.1, -0.05) is 63.4 Å². The van der Waals surface area contributed by atoms with Gasteiger partial charge in [0.05, 0.1) is 0 Å². The van der Waals surface area contributed by atoms with Gasteiger partial charge >= 0.3 is 0 Å². The van der Waals surface area contributed by atoms with Crippen LogP contribution < -0.4 is 10.1 Å². The lowest BCUT2D eigenvalue weighted by atomic mass is 10.2. The second-order valence-corrected chi connectivity index (χ2v) is 7.19. The van der Waals surface area contributed by atoms with Crippen molar-refractivity contribution in [2.45, 2.75) is 13.2 Å². The molecule has 0 aliphatic rings. The molecule has 0 aliphatic heterocycles. The van der Waals surface area contributed by atoms with Crippen molar-refractivity contribution in [3.8, 4) is 5.75 Å². The van der Waals surface area contributed by atoms with E-state index in [0.29, 0.717) is 23.2 Å². The van der Waals surface area contributed by atoms with Gasteiger partial charge in [-0.05, 0) is 42.5 Å². The highest BCUT2D eigenvalue weighted by Crippen LogP contribution is 2.27. The van der Waals surface area contributed by atoms with E-state index in [9.17, 15) is 0 Å². The summed E-state index contributed by atoms with van der Waals surface area (Å²) in [5.41, 5.74) is 2.90. The number of nitrogens with one attached hydrogen (secondary N) is 1. The van der Waals surface area contributed by atoms with Crippen LogP contribution in [0.4, 0.5) is 5.69 Å². The van der Waals surface area contributed by atoms with Crippen LogP contribution in [-0.2, 0) is 13.2 Å². The maximum Gasteiger partial charge on any atom is 0.124 e. The number of anilines is 1. The van der Waals surface area contributed by atoms with Crippen molar-refractivity contribution in [3.05, 3.63) is 92.4 Å². The molecule has 0 unspecified atom stereocenters. The van der Waals surface area contributed by atoms with Gasteiger partial charge in [0.2, 0.25) is 0 Å². The second kappa shape index (κ2) is 8.61. The normalized spacial score (nSPS) is 10.5. The van der Waals surface area contributed by atoms with Crippen molar-refractivity contribution < 1.29 is 4.74 Å². The van der Waals surface area contributed by atoms with Crippen LogP contribution in [0.3, 0.4) is 0 Å². The van der Waals surface area contributed by atoms with Gasteiger partial charge in [0.1, 0.15) is 12.4 Å². The zero-order valence-electron chi connectivity index (χ0n) is 13.3. The molecule has 3 rings (SSSR count). The molecular formula is C20H16BrCl2NO. The number of benzene rings is 3. The molecule has 0 spiro atoms. The molecule has 1 N–H and O–H groups in total. The third-order valence-electron chi connectivity index (χ3n) is 3.73. The molecule has 2 nitrogen and oxygen atoms in total. The fourth-order valence-electron chi connectivity index (χ4n) is 2.38. The van der Waals surface area contributed by atoms with Gasteiger partial charge in [0, 0.05) is 37.9 Å². The first-order valence-electron chi connectivity index (χ1n) is 7.76. The van der Waals surface area contributed by atoms with Gasteiger partial charge in [-0.2, -0.15) is 0 Å². The minimum absolute atomic E-state index is 0.327. The van der Waals surface area contributed by atoms with Crippen molar-refractivity contribution in [2.75, 3.05) is 5.32 Å². The van der Waals surface area contributed by atoms with Gasteiger partial charge in [-0.15, -0.1) is 0 Å². The minimum atomic E-state index is 0.327. The smallest absolute Gasteiger partial charge is 0.124 e. The summed E-state index contributed by atoms with van der Waals surface area (Å²) in [5.74, 6) is 0.808. The van der Waals surface area contributed by atoms with Crippen LogP contribution in [0.25, 0.3) is 0 Å². The Morgan fingerprint density at radius 3 is 2.24 bits per heavy atom. The molecule has 25 heavy (non-hydrogen) atoms. The number of hydrogen-bond acceptors (Lipinski definition) is 2. The van der Waals surface area contributed by atoms with Crippen LogP contribution in [0.2, 0.25) is 10.0 Å². The van der Waals surface area contributed by atoms with E-state index in [4.69, 9.17) is 27.9 Å². The first-order valence-corrected chi connectivity index (χ1v) is 9.31. The summed E-state index contributed by atoms with van der Waals surface area (Å²) in [5, 5.41) is 4.61. The van der Waals surface area contributed by atoms with Crippen molar-refractivity contribution in [3.63, 3.8) is 0 Å². The Hall–Kier alpha value is -1.68. The van der Waals surface area contributed by atoms with Crippen LogP contribution in [0.5, 0.6) is 5.75 Å². The standard InChI is InChI=1S/C20H16BrCl2NO/c21-15-8-10-16(11-9-15)24-12-14-4-1-2-7-20(14)25-13-17-18(22)5-3-6-19(17)23/h1-11,24H,12-13H2. The zero-order chi connectivity index (χ0) is 17.6. The second-order valence-electron chi connectivity index (χ2n) is 5.46. The van der Waals surface area contributed by atoms with Gasteiger partial charge in [0.15, 0.2) is 0 Å². The molecule has 0 fully saturated rings. The van der Waals surface area contributed by atoms with E-state index < -0.39 is 0 Å². The van der Waals surface area contributed by atoms with E-state index in [1.807, 2.05) is 66.7 Å². The highest BCUT2D eigenvalue weighted by Gasteiger charge is 2.08. The molecule has 128 valence electrons. The largest absolute Gasteiger partial charge is 0.488 e. The summed E-state index contributed by atoms with van der Waals surface area (Å²) in [7, 11) is 0. The number of hydrogen-bond donors (Lipinski definition) is 1. The summed E-state index contributed by atoms with van der Waals surface area (Å²) < 4.78 is 7.03. The monoisotopic (exact) mass is 435 g/mol. The van der Waals surface area contributed by atoms with Crippen LogP contribution in [0.1, 0.15) is 11.1 Å². The summed E-state index contributed by atoms with van der Waals surface area (Å²) in [6, 6.07) is 21.4. The Labute approximate surface area is 165 Å². The Balaban J connectivity index is 1.69. The molecule has 0 aromatic heterocycles. The van der Waals surface area contributed by atoms with E-state index in [0.717, 1.165) is 27.0 Å². The Kier molecular flexibility index (Phi) is 6.24. The summed E-state index contributed by atoms with van der Waals surface area (Å²) >= 11 is 15.9. The average Bonchev–Trinajstić information content (AvgIpc) is 2.62. The van der Waals surface area contributed by atoms with Crippen molar-refractivity contribution >= 4 is 44.8 Å². The third kappa shape index (κ3) is 4.91. The number of para-hydroxylation sites is 1. The topological polar surface area (TPSA) is 21.3 Å². The van der Waals surface area contributed by atoms with Crippen LogP contribution in [-0.4, -0.2) is 0 Å². The highest BCUT2D eigenvalue weighted by atomic mass is 79.9. The number of halogens is 3. The molecule has 0 amide bonds. The fourth-order valence-corrected chi connectivity index (χ4v) is 3.15. The maximum atomic E-state index is 6.21. The lowest BCUT2D eigenvalue weighted by Crippen LogP contribution is -2.04. The summed E-state index contributed by atoms with van der Waals surface area (Å²) in [4.78, 5) is 0. The fraction of sp³-hybridized carbons (Fsp3) is 0.100. The minimum Gasteiger partial charge on any atom is -0.488 e. The molecule has 5 heteroatoms. The van der Waals surface area contributed by atoms with Crippen LogP contribution >= 0.6 is 39.1 Å². The number of rotatable bonds is 6. The number of ether oxygens (including phenoxy) is 1. The molecule has 0 radical (unpaired) electrons. The lowest BCUT2D eigenvalue weighted by Gasteiger charge is -2.14. The summed E-state index contributed by atoms with van der Waals surface area (Å²) in [6.07, 6.45) is 0. The molecule has 0 aliphatic carbocycles. The Morgan fingerprint density at radius 2 is 1.52 bits per heavy atom.